The maximum absolute atomic E-state index is 12.4. The van der Waals surface area contributed by atoms with Crippen LogP contribution < -0.4 is 14.8 Å². The maximum Gasteiger partial charge on any atom is 0.338 e. The van der Waals surface area contributed by atoms with Gasteiger partial charge in [-0.3, -0.25) is 4.79 Å². The minimum absolute atomic E-state index is 0.226. The first-order valence-electron chi connectivity index (χ1n) is 9.65. The largest absolute Gasteiger partial charge is 0.497 e. The quantitative estimate of drug-likeness (QED) is 0.584. The van der Waals surface area contributed by atoms with Crippen LogP contribution in [-0.2, 0) is 9.53 Å². The fraction of sp³-hybridized carbons (Fsp3) is 0.261. The molecule has 2 aromatic carbocycles. The van der Waals surface area contributed by atoms with E-state index in [2.05, 4.69) is 10.4 Å². The molecule has 0 saturated carbocycles. The first-order chi connectivity index (χ1) is 14.8. The lowest BCUT2D eigenvalue weighted by Gasteiger charge is -2.10. The number of esters is 1. The number of aryl methyl sites for hydroxylation is 2. The number of ether oxygens (including phenoxy) is 3. The summed E-state index contributed by atoms with van der Waals surface area (Å²) in [6.07, 6.45) is 0. The summed E-state index contributed by atoms with van der Waals surface area (Å²) in [5, 5.41) is 7.29. The van der Waals surface area contributed by atoms with Crippen molar-refractivity contribution in [1.82, 2.24) is 9.78 Å². The third-order valence-electron chi connectivity index (χ3n) is 4.76. The molecule has 0 saturated heterocycles. The summed E-state index contributed by atoms with van der Waals surface area (Å²) >= 11 is 0. The number of methoxy groups -OCH3 is 2. The molecule has 1 amide bonds. The fourth-order valence-corrected chi connectivity index (χ4v) is 3.08. The molecule has 8 nitrogen and oxygen atoms in total. The number of benzene rings is 2. The molecular weight excluding hydrogens is 398 g/mol. The molecule has 1 aromatic heterocycles. The molecule has 0 aliphatic heterocycles. The lowest BCUT2D eigenvalue weighted by atomic mass is 10.2. The normalized spacial score (nSPS) is 10.5. The van der Waals surface area contributed by atoms with Gasteiger partial charge in [-0.15, -0.1) is 0 Å². The Morgan fingerprint density at radius 1 is 0.968 bits per heavy atom. The van der Waals surface area contributed by atoms with Crippen LogP contribution >= 0.6 is 0 Å². The Morgan fingerprint density at radius 2 is 1.58 bits per heavy atom. The predicted molar refractivity (Wildman–Crippen MR) is 116 cm³/mol. The van der Waals surface area contributed by atoms with Crippen LogP contribution in [0, 0.1) is 20.8 Å². The van der Waals surface area contributed by atoms with Gasteiger partial charge >= 0.3 is 5.97 Å². The standard InChI is InChI=1S/C23H25N3O5/c1-14-6-8-18(9-7-14)26-16(3)22(15(2)25-26)24-21(27)13-31-23(28)17-10-19(29-4)12-20(11-17)30-5/h6-12H,13H2,1-5H3,(H,24,27). The van der Waals surface area contributed by atoms with Gasteiger partial charge in [0.05, 0.1) is 42.5 Å². The van der Waals surface area contributed by atoms with Gasteiger partial charge in [-0.25, -0.2) is 9.48 Å². The second-order valence-electron chi connectivity index (χ2n) is 7.02. The number of carbonyl (C=O) groups excluding carboxylic acids is 2. The predicted octanol–water partition coefficient (Wildman–Crippen LogP) is 3.61. The number of rotatable bonds is 7. The van der Waals surface area contributed by atoms with Crippen LogP contribution in [0.3, 0.4) is 0 Å². The van der Waals surface area contributed by atoms with Crippen LogP contribution in [-0.4, -0.2) is 42.5 Å². The van der Waals surface area contributed by atoms with Crippen LogP contribution in [0.25, 0.3) is 5.69 Å². The van der Waals surface area contributed by atoms with Crippen molar-refractivity contribution in [2.75, 3.05) is 26.1 Å². The van der Waals surface area contributed by atoms with Gasteiger partial charge in [-0.1, -0.05) is 17.7 Å². The van der Waals surface area contributed by atoms with Gasteiger partial charge in [0.15, 0.2) is 6.61 Å². The molecule has 0 spiro atoms. The Kier molecular flexibility index (Phi) is 6.59. The average Bonchev–Trinajstić information content (AvgIpc) is 3.05. The van der Waals surface area contributed by atoms with Crippen LogP contribution in [0.5, 0.6) is 11.5 Å². The van der Waals surface area contributed by atoms with Crippen molar-refractivity contribution >= 4 is 17.6 Å². The SMILES string of the molecule is COc1cc(OC)cc(C(=O)OCC(=O)Nc2c(C)nn(-c3ccc(C)cc3)c2C)c1. The molecule has 0 bridgehead atoms. The molecule has 0 unspecified atom stereocenters. The van der Waals surface area contributed by atoms with Crippen LogP contribution in [0.2, 0.25) is 0 Å². The molecule has 162 valence electrons. The second kappa shape index (κ2) is 9.34. The number of hydrogen-bond acceptors (Lipinski definition) is 6. The number of anilines is 1. The number of aromatic nitrogens is 2. The van der Waals surface area contributed by atoms with Gasteiger partial charge in [-0.2, -0.15) is 5.10 Å². The zero-order valence-corrected chi connectivity index (χ0v) is 18.2. The van der Waals surface area contributed by atoms with Crippen molar-refractivity contribution in [2.24, 2.45) is 0 Å². The molecule has 0 aliphatic carbocycles. The zero-order chi connectivity index (χ0) is 22.5. The number of nitrogens with zero attached hydrogens (tertiary/aromatic N) is 2. The lowest BCUT2D eigenvalue weighted by Crippen LogP contribution is -2.21. The first-order valence-corrected chi connectivity index (χ1v) is 9.65. The Bertz CT molecular complexity index is 1080. The van der Waals surface area contributed by atoms with E-state index in [9.17, 15) is 9.59 Å². The number of amides is 1. The fourth-order valence-electron chi connectivity index (χ4n) is 3.08. The Balaban J connectivity index is 1.68. The average molecular weight is 423 g/mol. The van der Waals surface area contributed by atoms with E-state index in [4.69, 9.17) is 14.2 Å². The highest BCUT2D eigenvalue weighted by molar-refractivity contribution is 5.96. The Labute approximate surface area is 180 Å². The van der Waals surface area contributed by atoms with Crippen molar-refractivity contribution in [3.8, 4) is 17.2 Å². The molecule has 3 rings (SSSR count). The highest BCUT2D eigenvalue weighted by atomic mass is 16.5. The third-order valence-corrected chi connectivity index (χ3v) is 4.76. The molecule has 0 aliphatic rings. The molecule has 31 heavy (non-hydrogen) atoms. The molecular formula is C23H25N3O5. The number of nitrogens with one attached hydrogen (secondary N) is 1. The first kappa shape index (κ1) is 21.9. The summed E-state index contributed by atoms with van der Waals surface area (Å²) in [5.41, 5.74) is 4.29. The van der Waals surface area contributed by atoms with Crippen LogP contribution in [0.4, 0.5) is 5.69 Å². The molecule has 1 N–H and O–H groups in total. The smallest absolute Gasteiger partial charge is 0.338 e. The Hall–Kier alpha value is -3.81. The number of carbonyl (C=O) groups is 2. The van der Waals surface area contributed by atoms with E-state index in [1.54, 1.807) is 10.7 Å². The van der Waals surface area contributed by atoms with E-state index in [1.807, 2.05) is 45.0 Å². The second-order valence-corrected chi connectivity index (χ2v) is 7.02. The van der Waals surface area contributed by atoms with Gasteiger partial charge in [0.25, 0.3) is 5.91 Å². The van der Waals surface area contributed by atoms with Crippen molar-refractivity contribution < 1.29 is 23.8 Å². The monoisotopic (exact) mass is 423 g/mol. The van der Waals surface area contributed by atoms with E-state index in [0.29, 0.717) is 22.9 Å². The molecule has 0 radical (unpaired) electrons. The van der Waals surface area contributed by atoms with E-state index in [1.165, 1.54) is 26.4 Å². The minimum Gasteiger partial charge on any atom is -0.497 e. The topological polar surface area (TPSA) is 91.7 Å². The van der Waals surface area contributed by atoms with E-state index >= 15 is 0 Å². The molecule has 8 heteroatoms. The molecule has 3 aromatic rings. The minimum atomic E-state index is -0.656. The van der Waals surface area contributed by atoms with Crippen LogP contribution in [0.1, 0.15) is 27.3 Å². The van der Waals surface area contributed by atoms with Crippen LogP contribution in [0.15, 0.2) is 42.5 Å². The van der Waals surface area contributed by atoms with E-state index in [0.717, 1.165) is 16.9 Å². The summed E-state index contributed by atoms with van der Waals surface area (Å²) in [7, 11) is 2.97. The summed E-state index contributed by atoms with van der Waals surface area (Å²) in [5.74, 6) is -0.218. The Morgan fingerprint density at radius 3 is 2.16 bits per heavy atom. The van der Waals surface area contributed by atoms with Crippen molar-refractivity contribution in [3.05, 3.63) is 65.0 Å². The summed E-state index contributed by atoms with van der Waals surface area (Å²) in [6, 6.07) is 12.6. The highest BCUT2D eigenvalue weighted by Crippen LogP contribution is 2.24. The molecule has 0 fully saturated rings. The van der Waals surface area contributed by atoms with Crippen molar-refractivity contribution in [1.29, 1.82) is 0 Å². The van der Waals surface area contributed by atoms with Gasteiger partial charge in [0.2, 0.25) is 0 Å². The van der Waals surface area contributed by atoms with Gasteiger partial charge < -0.3 is 19.5 Å². The zero-order valence-electron chi connectivity index (χ0n) is 18.2. The third kappa shape index (κ3) is 5.03. The lowest BCUT2D eigenvalue weighted by molar-refractivity contribution is -0.119. The number of hydrogen-bond donors (Lipinski definition) is 1. The van der Waals surface area contributed by atoms with Gasteiger partial charge in [0, 0.05) is 6.07 Å². The highest BCUT2D eigenvalue weighted by Gasteiger charge is 2.17. The molecule has 0 atom stereocenters. The summed E-state index contributed by atoms with van der Waals surface area (Å²) in [4.78, 5) is 24.8. The van der Waals surface area contributed by atoms with Gasteiger partial charge in [-0.05, 0) is 45.0 Å². The van der Waals surface area contributed by atoms with E-state index in [-0.39, 0.29) is 5.56 Å². The van der Waals surface area contributed by atoms with Gasteiger partial charge in [0.1, 0.15) is 11.5 Å². The summed E-state index contributed by atoms with van der Waals surface area (Å²) in [6.45, 7) is 5.25. The maximum atomic E-state index is 12.4. The summed E-state index contributed by atoms with van der Waals surface area (Å²) < 4.78 is 17.2. The van der Waals surface area contributed by atoms with Crippen molar-refractivity contribution in [2.45, 2.75) is 20.8 Å². The molecule has 1 heterocycles. The van der Waals surface area contributed by atoms with E-state index < -0.39 is 18.5 Å². The van der Waals surface area contributed by atoms with Crippen molar-refractivity contribution in [3.63, 3.8) is 0 Å².